The molecule has 0 heterocycles. The van der Waals surface area contributed by atoms with Gasteiger partial charge in [-0.1, -0.05) is 59.8 Å². The number of hydrogen-bond acceptors (Lipinski definition) is 6. The van der Waals surface area contributed by atoms with Crippen molar-refractivity contribution in [2.45, 2.75) is 18.8 Å². The third kappa shape index (κ3) is 9.10. The van der Waals surface area contributed by atoms with E-state index in [1.807, 2.05) is 54.6 Å². The van der Waals surface area contributed by atoms with Gasteiger partial charge >= 0.3 is 18.3 Å². The molecule has 13 heteroatoms. The van der Waals surface area contributed by atoms with Gasteiger partial charge in [-0.25, -0.2) is 4.79 Å². The first-order valence-corrected chi connectivity index (χ1v) is 13.6. The van der Waals surface area contributed by atoms with Gasteiger partial charge in [0.05, 0.1) is 42.3 Å². The molecule has 7 nitrogen and oxygen atoms in total. The minimum atomic E-state index is -5.15. The number of hydrogen-bond donors (Lipinski definition) is 1. The number of nitrogens with zero attached hydrogens (tertiary/aromatic N) is 1. The van der Waals surface area contributed by atoms with Crippen LogP contribution in [0.3, 0.4) is 0 Å². The second kappa shape index (κ2) is 14.6. The molecule has 0 aromatic heterocycles. The fourth-order valence-corrected chi connectivity index (χ4v) is 4.14. The van der Waals surface area contributed by atoms with Crippen molar-refractivity contribution in [1.82, 2.24) is 0 Å². The normalized spacial score (nSPS) is 11.7. The highest BCUT2D eigenvalue weighted by molar-refractivity contribution is 6.08. The summed E-state index contributed by atoms with van der Waals surface area (Å²) in [6, 6.07) is 21.9. The Hall–Kier alpha value is -5.33. The van der Waals surface area contributed by atoms with E-state index < -0.39 is 40.9 Å². The van der Waals surface area contributed by atoms with Crippen LogP contribution in [0.4, 0.5) is 32.0 Å². The maximum atomic E-state index is 13.3. The van der Waals surface area contributed by atoms with Crippen LogP contribution in [0.5, 0.6) is 5.75 Å². The molecule has 4 aromatic rings. The molecule has 1 N–H and O–H groups in total. The summed E-state index contributed by atoms with van der Waals surface area (Å²) >= 11 is 0. The number of methoxy groups -OCH3 is 1. The second-order valence-electron chi connectivity index (χ2n) is 9.71. The highest BCUT2D eigenvalue weighted by Crippen LogP contribution is 2.36. The quantitative estimate of drug-likeness (QED) is 0.0585. The van der Waals surface area contributed by atoms with E-state index >= 15 is 0 Å². The van der Waals surface area contributed by atoms with E-state index in [4.69, 9.17) is 9.57 Å². The van der Waals surface area contributed by atoms with Crippen molar-refractivity contribution in [2.24, 2.45) is 5.16 Å². The molecule has 0 aliphatic rings. The van der Waals surface area contributed by atoms with Gasteiger partial charge in [0.1, 0.15) is 12.4 Å². The molecule has 0 radical (unpaired) electrons. The Morgan fingerprint density at radius 2 is 1.41 bits per heavy atom. The van der Waals surface area contributed by atoms with Crippen molar-refractivity contribution >= 4 is 23.8 Å². The summed E-state index contributed by atoms with van der Waals surface area (Å²) in [6.07, 6.45) is -8.37. The number of amides is 1. The van der Waals surface area contributed by atoms with Crippen LogP contribution in [0.25, 0.3) is 11.1 Å². The van der Waals surface area contributed by atoms with Gasteiger partial charge in [-0.15, -0.1) is 0 Å². The zero-order chi connectivity index (χ0) is 33.3. The average molecular weight is 645 g/mol. The Labute approximate surface area is 259 Å². The molecular formula is C33H26F6N2O5. The van der Waals surface area contributed by atoms with Crippen LogP contribution in [0.2, 0.25) is 0 Å². The van der Waals surface area contributed by atoms with E-state index in [1.165, 1.54) is 18.2 Å². The molecule has 46 heavy (non-hydrogen) atoms. The van der Waals surface area contributed by atoms with Gasteiger partial charge in [0.15, 0.2) is 0 Å². The summed E-state index contributed by atoms with van der Waals surface area (Å²) in [7, 11) is 1.06. The second-order valence-corrected chi connectivity index (χ2v) is 9.71. The van der Waals surface area contributed by atoms with Crippen LogP contribution < -0.4 is 10.1 Å². The summed E-state index contributed by atoms with van der Waals surface area (Å²) in [5.41, 5.74) is -1.72. The van der Waals surface area contributed by atoms with Crippen molar-refractivity contribution in [2.75, 3.05) is 25.6 Å². The molecule has 240 valence electrons. The maximum Gasteiger partial charge on any atom is 0.416 e. The molecule has 4 rings (SSSR count). The zero-order valence-electron chi connectivity index (χ0n) is 24.1. The number of halogens is 6. The van der Waals surface area contributed by atoms with Gasteiger partial charge in [0.25, 0.3) is 5.91 Å². The lowest BCUT2D eigenvalue weighted by molar-refractivity contribution is -0.143. The predicted molar refractivity (Wildman–Crippen MR) is 158 cm³/mol. The summed E-state index contributed by atoms with van der Waals surface area (Å²) in [4.78, 5) is 30.3. The molecule has 0 fully saturated rings. The van der Waals surface area contributed by atoms with Crippen molar-refractivity contribution in [3.8, 4) is 16.9 Å². The standard InChI is InChI=1S/C33H26F6N2O5/c1-44-31(43)28-13-12-27(19-29(28)41-30(42)24-16-25(32(34,35)36)18-26(17-24)33(37,38)39)45-14-5-15-46-40-20-21-8-10-23(11-9-21)22-6-3-2-4-7-22/h2-4,6-13,16-20H,5,14-15H2,1H3,(H,41,42). The summed E-state index contributed by atoms with van der Waals surface area (Å²) in [6.45, 7) is 0.286. The van der Waals surface area contributed by atoms with E-state index in [1.54, 1.807) is 6.21 Å². The number of anilines is 1. The molecule has 0 bridgehead atoms. The van der Waals surface area contributed by atoms with Crippen LogP contribution in [-0.4, -0.2) is 38.4 Å². The number of carbonyl (C=O) groups is 2. The molecular weight excluding hydrogens is 618 g/mol. The van der Waals surface area contributed by atoms with Crippen molar-refractivity contribution in [1.29, 1.82) is 0 Å². The lowest BCUT2D eigenvalue weighted by Gasteiger charge is -2.15. The molecule has 4 aromatic carbocycles. The lowest BCUT2D eigenvalue weighted by atomic mass is 10.0. The van der Waals surface area contributed by atoms with E-state index in [0.717, 1.165) is 23.8 Å². The molecule has 0 spiro atoms. The van der Waals surface area contributed by atoms with Crippen LogP contribution in [0.15, 0.2) is 96.2 Å². The van der Waals surface area contributed by atoms with Crippen molar-refractivity contribution < 1.29 is 50.2 Å². The summed E-state index contributed by atoms with van der Waals surface area (Å²) in [5, 5.41) is 6.11. The molecule has 0 unspecified atom stereocenters. The molecule has 0 saturated heterocycles. The number of oxime groups is 1. The van der Waals surface area contributed by atoms with Gasteiger partial charge in [-0.2, -0.15) is 26.3 Å². The Morgan fingerprint density at radius 1 is 0.783 bits per heavy atom. The first-order valence-electron chi connectivity index (χ1n) is 13.6. The molecule has 0 saturated carbocycles. The first-order chi connectivity index (χ1) is 21.8. The van der Waals surface area contributed by atoms with Gasteiger partial charge in [0.2, 0.25) is 0 Å². The Bertz CT molecular complexity index is 1660. The van der Waals surface area contributed by atoms with Gasteiger partial charge < -0.3 is 19.6 Å². The third-order valence-electron chi connectivity index (χ3n) is 6.44. The smallest absolute Gasteiger partial charge is 0.416 e. The monoisotopic (exact) mass is 644 g/mol. The summed E-state index contributed by atoms with van der Waals surface area (Å²) in [5.74, 6) is -2.09. The number of carbonyl (C=O) groups excluding carboxylic acids is 2. The minimum Gasteiger partial charge on any atom is -0.493 e. The van der Waals surface area contributed by atoms with Crippen LogP contribution >= 0.6 is 0 Å². The van der Waals surface area contributed by atoms with Gasteiger partial charge in [0, 0.05) is 18.1 Å². The number of alkyl halides is 6. The van der Waals surface area contributed by atoms with E-state index in [9.17, 15) is 35.9 Å². The fraction of sp³-hybridized carbons (Fsp3) is 0.182. The molecule has 0 aliphatic carbocycles. The number of benzene rings is 4. The van der Waals surface area contributed by atoms with Gasteiger partial charge in [-0.05, 0) is 47.0 Å². The fourth-order valence-electron chi connectivity index (χ4n) is 4.14. The van der Waals surface area contributed by atoms with Crippen molar-refractivity contribution in [3.63, 3.8) is 0 Å². The van der Waals surface area contributed by atoms with Gasteiger partial charge in [-0.3, -0.25) is 4.79 Å². The number of rotatable bonds is 11. The maximum absolute atomic E-state index is 13.3. The molecule has 1 amide bonds. The highest BCUT2D eigenvalue weighted by Gasteiger charge is 2.37. The van der Waals surface area contributed by atoms with E-state index in [-0.39, 0.29) is 48.4 Å². The predicted octanol–water partition coefficient (Wildman–Crippen LogP) is 8.25. The number of esters is 1. The largest absolute Gasteiger partial charge is 0.493 e. The van der Waals surface area contributed by atoms with Crippen LogP contribution in [0, 0.1) is 0 Å². The Kier molecular flexibility index (Phi) is 10.7. The number of nitrogens with one attached hydrogen (secondary N) is 1. The third-order valence-corrected chi connectivity index (χ3v) is 6.44. The van der Waals surface area contributed by atoms with E-state index in [2.05, 4.69) is 15.2 Å². The minimum absolute atomic E-state index is 0.0938. The topological polar surface area (TPSA) is 86.2 Å². The zero-order valence-corrected chi connectivity index (χ0v) is 24.1. The first kappa shape index (κ1) is 33.6. The van der Waals surface area contributed by atoms with Crippen molar-refractivity contribution in [3.05, 3.63) is 119 Å². The number of ether oxygens (including phenoxy) is 2. The molecule has 0 aliphatic heterocycles. The Balaban J connectivity index is 1.36. The van der Waals surface area contributed by atoms with Crippen LogP contribution in [0.1, 0.15) is 43.8 Å². The SMILES string of the molecule is COC(=O)c1ccc(OCCCON=Cc2ccc(-c3ccccc3)cc2)cc1NC(=O)c1cc(C(F)(F)F)cc(C(F)(F)F)c1. The summed E-state index contributed by atoms with van der Waals surface area (Å²) < 4.78 is 89.9. The highest BCUT2D eigenvalue weighted by atomic mass is 19.4. The lowest BCUT2D eigenvalue weighted by Crippen LogP contribution is -2.19. The Morgan fingerprint density at radius 3 is 2.02 bits per heavy atom. The average Bonchev–Trinajstić information content (AvgIpc) is 3.03. The van der Waals surface area contributed by atoms with Crippen LogP contribution in [-0.2, 0) is 21.9 Å². The molecule has 0 atom stereocenters. The van der Waals surface area contributed by atoms with E-state index in [0.29, 0.717) is 6.42 Å².